The van der Waals surface area contributed by atoms with Crippen molar-refractivity contribution in [1.29, 1.82) is 0 Å². The summed E-state index contributed by atoms with van der Waals surface area (Å²) in [4.78, 5) is 33.6. The molecule has 2 fully saturated rings. The molecule has 0 saturated heterocycles. The molecule has 2 saturated carbocycles. The molecule has 4 heteroatoms. The molecule has 0 aromatic rings. The predicted octanol–water partition coefficient (Wildman–Crippen LogP) is 2.41. The van der Waals surface area contributed by atoms with Gasteiger partial charge in [0, 0.05) is 0 Å². The third-order valence-electron chi connectivity index (χ3n) is 5.37. The minimum absolute atomic E-state index is 0.127. The van der Waals surface area contributed by atoms with E-state index >= 15 is 0 Å². The van der Waals surface area contributed by atoms with E-state index in [0.717, 1.165) is 25.7 Å². The first-order valence-electron chi connectivity index (χ1n) is 7.49. The topological polar surface area (TPSA) is 52.6 Å². The Bertz CT molecular complexity index is 461. The van der Waals surface area contributed by atoms with Gasteiger partial charge in [0.1, 0.15) is 0 Å². The molecule has 4 rings (SSSR count). The second-order valence-corrected chi connectivity index (χ2v) is 6.58. The van der Waals surface area contributed by atoms with E-state index in [2.05, 4.69) is 24.3 Å². The molecule has 4 bridgehead atoms. The summed E-state index contributed by atoms with van der Waals surface area (Å²) in [6.45, 7) is 0. The minimum Gasteiger partial charge on any atom is -0.247 e. The van der Waals surface area contributed by atoms with Crippen molar-refractivity contribution in [2.45, 2.75) is 25.7 Å². The molecule has 0 spiro atoms. The van der Waals surface area contributed by atoms with Crippen LogP contribution in [0.3, 0.4) is 0 Å². The molecule has 0 aromatic heterocycles. The Morgan fingerprint density at radius 2 is 1.15 bits per heavy atom. The van der Waals surface area contributed by atoms with Crippen LogP contribution in [-0.4, -0.2) is 11.9 Å². The molecule has 0 heterocycles. The molecular weight excluding hydrogens is 256 g/mol. The minimum atomic E-state index is -0.381. The van der Waals surface area contributed by atoms with Crippen molar-refractivity contribution in [2.24, 2.45) is 35.5 Å². The van der Waals surface area contributed by atoms with E-state index in [4.69, 9.17) is 9.78 Å². The summed E-state index contributed by atoms with van der Waals surface area (Å²) < 4.78 is 0. The lowest BCUT2D eigenvalue weighted by Crippen LogP contribution is -2.27. The average molecular weight is 274 g/mol. The number of allylic oxidation sites excluding steroid dienone is 4. The highest BCUT2D eigenvalue weighted by Gasteiger charge is 2.44. The molecule has 4 aliphatic carbocycles. The van der Waals surface area contributed by atoms with Crippen LogP contribution in [0, 0.1) is 35.5 Å². The summed E-state index contributed by atoms with van der Waals surface area (Å²) in [6.07, 6.45) is 12.2. The summed E-state index contributed by atoms with van der Waals surface area (Å²) in [5, 5.41) is 0. The van der Waals surface area contributed by atoms with Gasteiger partial charge in [-0.25, -0.2) is 19.4 Å². The molecule has 0 aromatic carbocycles. The van der Waals surface area contributed by atoms with Crippen molar-refractivity contribution >= 4 is 11.9 Å². The van der Waals surface area contributed by atoms with Gasteiger partial charge in [0.2, 0.25) is 0 Å². The van der Waals surface area contributed by atoms with E-state index in [1.807, 2.05) is 0 Å². The van der Waals surface area contributed by atoms with E-state index in [1.165, 1.54) is 0 Å². The van der Waals surface area contributed by atoms with Gasteiger partial charge in [-0.15, -0.1) is 0 Å². The molecule has 0 aliphatic heterocycles. The van der Waals surface area contributed by atoms with Crippen molar-refractivity contribution in [3.8, 4) is 0 Å². The molecule has 0 N–H and O–H groups in total. The summed E-state index contributed by atoms with van der Waals surface area (Å²) in [6, 6.07) is 0. The maximum absolute atomic E-state index is 12.0. The van der Waals surface area contributed by atoms with Gasteiger partial charge in [0.15, 0.2) is 0 Å². The lowest BCUT2D eigenvalue weighted by Gasteiger charge is -2.17. The van der Waals surface area contributed by atoms with Gasteiger partial charge in [-0.1, -0.05) is 24.3 Å². The third kappa shape index (κ3) is 1.89. The Labute approximate surface area is 117 Å². The summed E-state index contributed by atoms with van der Waals surface area (Å²) in [7, 11) is 0. The Morgan fingerprint density at radius 1 is 0.700 bits per heavy atom. The van der Waals surface area contributed by atoms with E-state index in [-0.39, 0.29) is 35.6 Å². The number of rotatable bonds is 2. The maximum Gasteiger partial charge on any atom is 0.359 e. The zero-order chi connectivity index (χ0) is 13.7. The first-order chi connectivity index (χ1) is 9.70. The fourth-order valence-corrected chi connectivity index (χ4v) is 4.31. The van der Waals surface area contributed by atoms with Crippen LogP contribution in [0.2, 0.25) is 0 Å². The number of hydrogen-bond donors (Lipinski definition) is 0. The van der Waals surface area contributed by atoms with Crippen molar-refractivity contribution in [3.63, 3.8) is 0 Å². The molecule has 4 aliphatic rings. The fraction of sp³-hybridized carbons (Fsp3) is 0.625. The summed E-state index contributed by atoms with van der Waals surface area (Å²) >= 11 is 0. The molecule has 0 radical (unpaired) electrons. The molecule has 20 heavy (non-hydrogen) atoms. The second-order valence-electron chi connectivity index (χ2n) is 6.58. The molecule has 6 atom stereocenters. The van der Waals surface area contributed by atoms with Crippen molar-refractivity contribution in [2.75, 3.05) is 0 Å². The predicted molar refractivity (Wildman–Crippen MR) is 69.9 cm³/mol. The molecular formula is C16H18O4. The fourth-order valence-electron chi connectivity index (χ4n) is 4.31. The van der Waals surface area contributed by atoms with Gasteiger partial charge in [-0.3, -0.25) is 0 Å². The van der Waals surface area contributed by atoms with Gasteiger partial charge >= 0.3 is 11.9 Å². The highest BCUT2D eigenvalue weighted by Crippen LogP contribution is 2.45. The first kappa shape index (κ1) is 12.2. The quantitative estimate of drug-likeness (QED) is 0.441. The molecule has 4 nitrogen and oxygen atoms in total. The third-order valence-corrected chi connectivity index (χ3v) is 5.37. The highest BCUT2D eigenvalue weighted by molar-refractivity contribution is 5.77. The normalized spacial score (nSPS) is 43.2. The standard InChI is InChI=1S/C16H18O4/c17-15(13-7-9-1-3-11(13)5-9)19-20-16(18)14-8-10-2-4-12(14)6-10/h1-4,9-14H,5-8H2/t9?,10?,11-,12?,13?,14?/m1/s1. The zero-order valence-electron chi connectivity index (χ0n) is 11.2. The SMILES string of the molecule is O=C(OOC(=O)C1CC2C=C[C@@H]1C2)C1CC2C=CC1C2. The summed E-state index contributed by atoms with van der Waals surface area (Å²) in [5.74, 6) is 0.541. The van der Waals surface area contributed by atoms with Crippen molar-refractivity contribution in [3.05, 3.63) is 24.3 Å². The van der Waals surface area contributed by atoms with E-state index < -0.39 is 0 Å². The first-order valence-corrected chi connectivity index (χ1v) is 7.49. The van der Waals surface area contributed by atoms with Crippen molar-refractivity contribution < 1.29 is 19.4 Å². The van der Waals surface area contributed by atoms with Crippen LogP contribution < -0.4 is 0 Å². The maximum atomic E-state index is 12.0. The monoisotopic (exact) mass is 274 g/mol. The number of carbonyl (C=O) groups is 2. The Balaban J connectivity index is 1.30. The largest absolute Gasteiger partial charge is 0.359 e. The van der Waals surface area contributed by atoms with Crippen LogP contribution in [0.1, 0.15) is 25.7 Å². The van der Waals surface area contributed by atoms with Gasteiger partial charge in [0.05, 0.1) is 11.8 Å². The number of carbonyl (C=O) groups excluding carboxylic acids is 2. The lowest BCUT2D eigenvalue weighted by atomic mass is 9.94. The van der Waals surface area contributed by atoms with Gasteiger partial charge in [-0.05, 0) is 49.4 Å². The Hall–Kier alpha value is -1.58. The van der Waals surface area contributed by atoms with E-state index in [1.54, 1.807) is 0 Å². The number of hydrogen-bond acceptors (Lipinski definition) is 4. The van der Waals surface area contributed by atoms with Crippen LogP contribution in [-0.2, 0) is 19.4 Å². The van der Waals surface area contributed by atoms with Crippen LogP contribution in [0.5, 0.6) is 0 Å². The van der Waals surface area contributed by atoms with Crippen LogP contribution >= 0.6 is 0 Å². The average Bonchev–Trinajstić information content (AvgIpc) is 3.22. The molecule has 106 valence electrons. The zero-order valence-corrected chi connectivity index (χ0v) is 11.2. The van der Waals surface area contributed by atoms with Crippen LogP contribution in [0.25, 0.3) is 0 Å². The summed E-state index contributed by atoms with van der Waals surface area (Å²) in [5.41, 5.74) is 0. The van der Waals surface area contributed by atoms with Gasteiger partial charge < -0.3 is 0 Å². The molecule has 5 unspecified atom stereocenters. The van der Waals surface area contributed by atoms with Gasteiger partial charge in [-0.2, -0.15) is 0 Å². The van der Waals surface area contributed by atoms with Crippen LogP contribution in [0.4, 0.5) is 0 Å². The Kier molecular flexibility index (Phi) is 2.72. The number of fused-ring (bicyclic) bond motifs is 4. The van der Waals surface area contributed by atoms with E-state index in [9.17, 15) is 9.59 Å². The van der Waals surface area contributed by atoms with Gasteiger partial charge in [0.25, 0.3) is 0 Å². The highest BCUT2D eigenvalue weighted by atomic mass is 17.2. The molecule has 0 amide bonds. The lowest BCUT2D eigenvalue weighted by molar-refractivity contribution is -0.266. The van der Waals surface area contributed by atoms with Crippen LogP contribution in [0.15, 0.2) is 24.3 Å². The smallest absolute Gasteiger partial charge is 0.247 e. The van der Waals surface area contributed by atoms with Crippen molar-refractivity contribution in [1.82, 2.24) is 0 Å². The Morgan fingerprint density at radius 3 is 1.45 bits per heavy atom. The second kappa shape index (κ2) is 4.47. The van der Waals surface area contributed by atoms with E-state index in [0.29, 0.717) is 11.8 Å².